The molecule has 4 rings (SSSR count). The average Bonchev–Trinajstić information content (AvgIpc) is 3.09. The summed E-state index contributed by atoms with van der Waals surface area (Å²) in [7, 11) is -3.91. The van der Waals surface area contributed by atoms with Gasteiger partial charge in [0.05, 0.1) is 16.8 Å². The highest BCUT2D eigenvalue weighted by molar-refractivity contribution is 9.10. The summed E-state index contributed by atoms with van der Waals surface area (Å²) in [5.74, 6) is -0.0550. The van der Waals surface area contributed by atoms with Crippen molar-refractivity contribution >= 4 is 66.1 Å². The Bertz CT molecular complexity index is 1380. The van der Waals surface area contributed by atoms with Gasteiger partial charge in [0.25, 0.3) is 10.0 Å². The molecule has 0 saturated carbocycles. The van der Waals surface area contributed by atoms with Crippen molar-refractivity contribution in [3.8, 4) is 0 Å². The molecule has 0 saturated heterocycles. The number of sulfonamides is 1. The molecule has 0 aliphatic heterocycles. The lowest BCUT2D eigenvalue weighted by atomic mass is 9.88. The van der Waals surface area contributed by atoms with Crippen LogP contribution >= 0.6 is 27.5 Å². The smallest absolute Gasteiger partial charge is 0.262 e. The fourth-order valence-corrected chi connectivity index (χ4v) is 5.46. The van der Waals surface area contributed by atoms with Gasteiger partial charge in [0.15, 0.2) is 5.65 Å². The number of rotatable bonds is 5. The highest BCUT2D eigenvalue weighted by atomic mass is 79.9. The number of aromatic nitrogens is 2. The minimum absolute atomic E-state index is 0.0620. The first-order chi connectivity index (χ1) is 15.2. The van der Waals surface area contributed by atoms with Crippen LogP contribution in [0, 0.1) is 5.92 Å². The van der Waals surface area contributed by atoms with Crippen LogP contribution in [0.2, 0.25) is 0 Å². The largest absolute Gasteiger partial charge is 0.326 e. The van der Waals surface area contributed by atoms with Crippen molar-refractivity contribution in [3.05, 3.63) is 70.1 Å². The Morgan fingerprint density at radius 2 is 2.00 bits per heavy atom. The van der Waals surface area contributed by atoms with E-state index in [0.29, 0.717) is 26.7 Å². The van der Waals surface area contributed by atoms with Crippen LogP contribution < -0.4 is 10.0 Å². The number of carbonyl (C=O) groups excluding carboxylic acids is 1. The summed E-state index contributed by atoms with van der Waals surface area (Å²) >= 11 is 9.96. The number of nitrogens with one attached hydrogen (secondary N) is 2. The van der Waals surface area contributed by atoms with Gasteiger partial charge in [-0.3, -0.25) is 13.9 Å². The third kappa shape index (κ3) is 4.46. The Morgan fingerprint density at radius 3 is 2.66 bits per heavy atom. The third-order valence-corrected chi connectivity index (χ3v) is 7.40. The molecule has 2 heterocycles. The zero-order valence-electron chi connectivity index (χ0n) is 17.3. The van der Waals surface area contributed by atoms with Gasteiger partial charge < -0.3 is 5.32 Å². The molecule has 1 atom stereocenters. The van der Waals surface area contributed by atoms with Crippen LogP contribution in [0.3, 0.4) is 0 Å². The molecule has 1 unspecified atom stereocenters. The summed E-state index contributed by atoms with van der Waals surface area (Å²) in [6, 6.07) is 7.70. The molecular weight excluding hydrogens is 516 g/mol. The predicted octanol–water partition coefficient (Wildman–Crippen LogP) is 5.40. The normalized spacial score (nSPS) is 16.4. The monoisotopic (exact) mass is 534 g/mol. The number of hydrogen-bond acceptors (Lipinski definition) is 4. The zero-order chi connectivity index (χ0) is 23.0. The van der Waals surface area contributed by atoms with Crippen molar-refractivity contribution in [1.29, 1.82) is 0 Å². The first kappa shape index (κ1) is 22.6. The van der Waals surface area contributed by atoms with E-state index >= 15 is 0 Å². The molecule has 1 aliphatic rings. The molecular formula is C22H20BrClN4O3S. The number of fused-ring (bicyclic) bond motifs is 1. The first-order valence-electron chi connectivity index (χ1n) is 9.79. The lowest BCUT2D eigenvalue weighted by Gasteiger charge is -2.21. The molecule has 0 spiro atoms. The fourth-order valence-electron chi connectivity index (χ4n) is 3.65. The molecule has 1 aromatic carbocycles. The van der Waals surface area contributed by atoms with Crippen molar-refractivity contribution in [2.45, 2.75) is 25.2 Å². The van der Waals surface area contributed by atoms with Crippen molar-refractivity contribution in [3.63, 3.8) is 0 Å². The van der Waals surface area contributed by atoms with Crippen molar-refractivity contribution in [1.82, 2.24) is 9.38 Å². The van der Waals surface area contributed by atoms with Crippen molar-refractivity contribution in [2.24, 2.45) is 5.92 Å². The Hall–Kier alpha value is -2.62. The summed E-state index contributed by atoms with van der Waals surface area (Å²) in [5.41, 5.74) is 3.04. The lowest BCUT2D eigenvalue weighted by molar-refractivity contribution is -0.114. The minimum Gasteiger partial charge on any atom is -0.326 e. The number of hydrogen-bond donors (Lipinski definition) is 2. The molecule has 32 heavy (non-hydrogen) atoms. The van der Waals surface area contributed by atoms with Gasteiger partial charge in [-0.05, 0) is 75.8 Å². The van der Waals surface area contributed by atoms with Gasteiger partial charge >= 0.3 is 0 Å². The van der Waals surface area contributed by atoms with Crippen LogP contribution in [-0.4, -0.2) is 23.7 Å². The number of benzene rings is 1. The van der Waals surface area contributed by atoms with Crippen LogP contribution in [0.25, 0.3) is 11.2 Å². The van der Waals surface area contributed by atoms with Gasteiger partial charge in [-0.2, -0.15) is 0 Å². The summed E-state index contributed by atoms with van der Waals surface area (Å²) in [4.78, 5) is 15.6. The van der Waals surface area contributed by atoms with Gasteiger partial charge in [-0.15, -0.1) is 0 Å². The summed E-state index contributed by atoms with van der Waals surface area (Å²) in [6.45, 7) is 3.46. The molecule has 7 nitrogen and oxygen atoms in total. The van der Waals surface area contributed by atoms with Gasteiger partial charge in [-0.1, -0.05) is 24.6 Å². The Kier molecular flexibility index (Phi) is 6.15. The number of imidazole rings is 1. The van der Waals surface area contributed by atoms with E-state index in [9.17, 15) is 13.2 Å². The van der Waals surface area contributed by atoms with Gasteiger partial charge in [0, 0.05) is 23.8 Å². The Morgan fingerprint density at radius 1 is 1.28 bits per heavy atom. The molecule has 2 aromatic heterocycles. The number of pyridine rings is 1. The van der Waals surface area contributed by atoms with Crippen LogP contribution in [0.4, 0.5) is 11.4 Å². The number of allylic oxidation sites excluding steroid dienone is 4. The van der Waals surface area contributed by atoms with E-state index in [1.54, 1.807) is 16.7 Å². The maximum absolute atomic E-state index is 13.1. The van der Waals surface area contributed by atoms with E-state index in [4.69, 9.17) is 11.6 Å². The number of carbonyl (C=O) groups is 1. The maximum Gasteiger partial charge on any atom is 0.262 e. The quantitative estimate of drug-likeness (QED) is 0.457. The van der Waals surface area contributed by atoms with Crippen molar-refractivity contribution < 1.29 is 13.2 Å². The van der Waals surface area contributed by atoms with Crippen LogP contribution in [0.5, 0.6) is 0 Å². The van der Waals surface area contributed by atoms with E-state index in [2.05, 4.69) is 37.9 Å². The second kappa shape index (κ2) is 8.73. The highest BCUT2D eigenvalue weighted by Gasteiger charge is 2.22. The molecule has 166 valence electrons. The molecule has 1 amide bonds. The molecule has 3 aromatic rings. The minimum atomic E-state index is -3.91. The third-order valence-electron chi connectivity index (χ3n) is 5.10. The van der Waals surface area contributed by atoms with Gasteiger partial charge in [0.1, 0.15) is 4.60 Å². The highest BCUT2D eigenvalue weighted by Crippen LogP contribution is 2.37. The average molecular weight is 536 g/mol. The molecule has 0 radical (unpaired) electrons. The number of halogens is 2. The molecule has 0 bridgehead atoms. The molecule has 2 N–H and O–H groups in total. The number of anilines is 2. The first-order valence-corrected chi connectivity index (χ1v) is 12.4. The number of nitrogens with zero attached hydrogens (tertiary/aromatic N) is 2. The van der Waals surface area contributed by atoms with Crippen molar-refractivity contribution in [2.75, 3.05) is 10.0 Å². The topological polar surface area (TPSA) is 92.6 Å². The van der Waals surface area contributed by atoms with E-state index in [-0.39, 0.29) is 16.7 Å². The van der Waals surface area contributed by atoms with E-state index in [1.165, 1.54) is 31.2 Å². The maximum atomic E-state index is 13.1. The van der Waals surface area contributed by atoms with E-state index in [0.717, 1.165) is 17.6 Å². The summed E-state index contributed by atoms with van der Waals surface area (Å²) in [6.07, 6.45) is 8.23. The Balaban J connectivity index is 1.77. The van der Waals surface area contributed by atoms with E-state index in [1.807, 2.05) is 18.3 Å². The van der Waals surface area contributed by atoms with E-state index < -0.39 is 10.0 Å². The van der Waals surface area contributed by atoms with Gasteiger partial charge in [-0.25, -0.2) is 13.4 Å². The molecule has 1 aliphatic carbocycles. The standard InChI is InChI=1S/C22H20BrClN4O3S/c1-13-4-3-5-18(24)21(13)15-10-19(22-25-11-20(23)28(22)12-15)27-32(30,31)17-8-6-16(7-9-17)26-14(2)29/h3,5-13,27H,4H2,1-2H3,(H,26,29). The summed E-state index contributed by atoms with van der Waals surface area (Å²) in [5, 5.41) is 3.24. The predicted molar refractivity (Wildman–Crippen MR) is 130 cm³/mol. The zero-order valence-corrected chi connectivity index (χ0v) is 20.4. The second-order valence-corrected chi connectivity index (χ2v) is 10.4. The van der Waals surface area contributed by atoms with Crippen LogP contribution in [0.1, 0.15) is 25.8 Å². The van der Waals surface area contributed by atoms with Gasteiger partial charge in [0.2, 0.25) is 5.91 Å². The summed E-state index contributed by atoms with van der Waals surface area (Å²) < 4.78 is 31.3. The SMILES string of the molecule is CC(=O)Nc1ccc(S(=O)(=O)Nc2cc(C3=C(Cl)C=CCC3C)cn3c(Br)cnc23)cc1. The molecule has 0 fully saturated rings. The fraction of sp³-hybridized carbons (Fsp3) is 0.182. The lowest BCUT2D eigenvalue weighted by Crippen LogP contribution is -2.15. The second-order valence-electron chi connectivity index (χ2n) is 7.53. The van der Waals surface area contributed by atoms with Crippen LogP contribution in [-0.2, 0) is 14.8 Å². The Labute approximate surface area is 199 Å². The molecule has 10 heteroatoms. The van der Waals surface area contributed by atoms with Crippen LogP contribution in [0.15, 0.2) is 69.4 Å². The number of amides is 1.